The summed E-state index contributed by atoms with van der Waals surface area (Å²) >= 11 is 0. The molecule has 48 heavy (non-hydrogen) atoms. The lowest BCUT2D eigenvalue weighted by molar-refractivity contribution is -0.255. The molecule has 0 radical (unpaired) electrons. The summed E-state index contributed by atoms with van der Waals surface area (Å²) in [4.78, 5) is 17.4. The molecule has 0 fully saturated rings. The first-order valence-electron chi connectivity index (χ1n) is 14.6. The molecule has 1 unspecified atom stereocenters. The lowest BCUT2D eigenvalue weighted by atomic mass is 9.84. The topological polar surface area (TPSA) is 87.7 Å². The first-order valence-corrected chi connectivity index (χ1v) is 14.6. The number of halogens is 3. The minimum Gasteiger partial charge on any atom is -0.545 e. The van der Waals surface area contributed by atoms with Crippen molar-refractivity contribution in [2.45, 2.75) is 12.5 Å². The van der Waals surface area contributed by atoms with Gasteiger partial charge in [0.05, 0.1) is 12.0 Å². The maximum absolute atomic E-state index is 16.8. The third-order valence-electron chi connectivity index (χ3n) is 8.45. The monoisotopic (exact) mass is 642 g/mol. The van der Waals surface area contributed by atoms with Gasteiger partial charge in [0.25, 0.3) is 0 Å². The third-order valence-corrected chi connectivity index (χ3v) is 8.45. The number of nitrogens with zero attached hydrogens (tertiary/aromatic N) is 4. The van der Waals surface area contributed by atoms with Gasteiger partial charge < -0.3 is 19.2 Å². The molecular formula is C38H25F3N4O3. The van der Waals surface area contributed by atoms with Crippen LogP contribution in [0.2, 0.25) is 0 Å². The molecule has 4 aromatic rings. The average Bonchev–Trinajstić information content (AvgIpc) is 3.11. The normalized spacial score (nSPS) is 13.0. The summed E-state index contributed by atoms with van der Waals surface area (Å²) in [5.74, 6) is -7.49. The van der Waals surface area contributed by atoms with E-state index in [0.29, 0.717) is 11.0 Å². The van der Waals surface area contributed by atoms with Gasteiger partial charge in [-0.1, -0.05) is 36.4 Å². The zero-order valence-corrected chi connectivity index (χ0v) is 25.9. The zero-order chi connectivity index (χ0) is 34.3. The molecule has 4 aromatic carbocycles. The Labute approximate surface area is 273 Å². The number of fused-ring (bicyclic) bond motifs is 2. The predicted molar refractivity (Wildman–Crippen MR) is 174 cm³/mol. The molecule has 2 aliphatic rings. The maximum atomic E-state index is 16.8. The quantitative estimate of drug-likeness (QED) is 0.0834. The highest BCUT2D eigenvalue weighted by atomic mass is 19.2. The van der Waals surface area contributed by atoms with Crippen molar-refractivity contribution in [1.29, 1.82) is 5.26 Å². The summed E-state index contributed by atoms with van der Waals surface area (Å²) in [6, 6.07) is 30.2. The van der Waals surface area contributed by atoms with E-state index in [0.717, 1.165) is 18.3 Å². The predicted octanol–water partition coefficient (Wildman–Crippen LogP) is 7.15. The molecular weight excluding hydrogens is 617 g/mol. The Kier molecular flexibility index (Phi) is 7.95. The fourth-order valence-corrected chi connectivity index (χ4v) is 5.81. The second kappa shape index (κ2) is 12.1. The first-order chi connectivity index (χ1) is 23.0. The van der Waals surface area contributed by atoms with Crippen LogP contribution in [0, 0.1) is 35.4 Å². The van der Waals surface area contributed by atoms with E-state index in [-0.39, 0.29) is 27.9 Å². The van der Waals surface area contributed by atoms with Crippen molar-refractivity contribution >= 4 is 34.0 Å². The summed E-state index contributed by atoms with van der Waals surface area (Å²) in [5.41, 5.74) is -3.45. The van der Waals surface area contributed by atoms with Crippen molar-refractivity contribution in [2.24, 2.45) is 0 Å². The molecule has 0 bridgehead atoms. The Morgan fingerprint density at radius 2 is 1.58 bits per heavy atom. The molecule has 10 heteroatoms. The van der Waals surface area contributed by atoms with Gasteiger partial charge >= 0.3 is 5.54 Å². The van der Waals surface area contributed by atoms with Crippen molar-refractivity contribution in [2.75, 3.05) is 19.0 Å². The second-order valence-electron chi connectivity index (χ2n) is 11.3. The molecule has 236 valence electrons. The molecule has 6 rings (SSSR count). The molecule has 0 saturated carbocycles. The van der Waals surface area contributed by atoms with Gasteiger partial charge in [0.1, 0.15) is 29.8 Å². The van der Waals surface area contributed by atoms with Crippen LogP contribution in [0.5, 0.6) is 0 Å². The number of para-hydroxylation sites is 2. The van der Waals surface area contributed by atoms with E-state index in [1.165, 1.54) is 6.07 Å². The average molecular weight is 643 g/mol. The first kappa shape index (κ1) is 31.6. The molecule has 1 atom stereocenters. The van der Waals surface area contributed by atoms with E-state index in [4.69, 9.17) is 11.0 Å². The van der Waals surface area contributed by atoms with Crippen LogP contribution in [0.25, 0.3) is 38.3 Å². The van der Waals surface area contributed by atoms with E-state index in [9.17, 15) is 15.2 Å². The van der Waals surface area contributed by atoms with Gasteiger partial charge in [-0.2, -0.15) is 9.84 Å². The zero-order valence-electron chi connectivity index (χ0n) is 25.9. The number of carbonyl (C=O) groups excluding carboxylic acids is 1. The smallest absolute Gasteiger partial charge is 0.343 e. The number of nitriles is 1. The molecule has 0 N–H and O–H groups in total. The van der Waals surface area contributed by atoms with Crippen LogP contribution in [0.1, 0.15) is 22.8 Å². The number of aromatic carboxylic acids is 1. The highest BCUT2D eigenvalue weighted by molar-refractivity contribution is 6.08. The summed E-state index contributed by atoms with van der Waals surface area (Å²) in [6.07, 6.45) is 0. The highest BCUT2D eigenvalue weighted by Crippen LogP contribution is 2.46. The summed E-state index contributed by atoms with van der Waals surface area (Å²) < 4.78 is 56.2. The van der Waals surface area contributed by atoms with Gasteiger partial charge in [0.15, 0.2) is 17.7 Å². The number of rotatable bonds is 6. The minimum atomic E-state index is -2.52. The number of anilines is 2. The minimum absolute atomic E-state index is 0.142. The fraction of sp³-hybridized carbons (Fsp3) is 0.105. The maximum Gasteiger partial charge on any atom is 0.343 e. The standard InChI is InChI=1S/C38H25F3N4O3/c1-38(21-42,43-2)33-34(39)31(32(37(46)47)35(40)36(33)41)30-26-17-15-24(44(3)22-11-7-5-8-12-22)19-28(26)48-29-20-25(16-18-27(29)30)45(4)23-13-9-6-10-14-23/h5-20H,1,3-4H3. The van der Waals surface area contributed by atoms with Gasteiger partial charge in [-0.05, 0) is 30.3 Å². The Hall–Kier alpha value is -6.39. The van der Waals surface area contributed by atoms with Gasteiger partial charge in [-0.25, -0.2) is 19.7 Å². The van der Waals surface area contributed by atoms with Crippen LogP contribution in [-0.4, -0.2) is 20.1 Å². The lowest BCUT2D eigenvalue weighted by Gasteiger charge is -2.24. The molecule has 7 nitrogen and oxygen atoms in total. The van der Waals surface area contributed by atoms with Crippen LogP contribution in [-0.2, 0) is 5.54 Å². The van der Waals surface area contributed by atoms with E-state index in [1.54, 1.807) is 36.4 Å². The van der Waals surface area contributed by atoms with Crippen molar-refractivity contribution in [1.82, 2.24) is 4.58 Å². The lowest BCUT2D eigenvalue weighted by Crippen LogP contribution is -2.29. The van der Waals surface area contributed by atoms with Crippen molar-refractivity contribution < 1.29 is 27.5 Å². The number of carboxylic acid groups (broad SMARTS) is 1. The number of benzene rings is 5. The number of carbonyl (C=O) groups is 1. The van der Waals surface area contributed by atoms with Crippen molar-refractivity contribution in [3.05, 3.63) is 142 Å². The molecule has 1 aliphatic carbocycles. The van der Waals surface area contributed by atoms with E-state index >= 15 is 13.2 Å². The molecule has 0 aromatic heterocycles. The van der Waals surface area contributed by atoms with Crippen molar-refractivity contribution in [3.8, 4) is 28.5 Å². The number of hydrogen-bond donors (Lipinski definition) is 0. The molecule has 1 aliphatic heterocycles. The molecule has 0 amide bonds. The van der Waals surface area contributed by atoms with Crippen LogP contribution in [0.15, 0.2) is 101 Å². The molecule has 0 spiro atoms. The SMILES string of the molecule is [C-]#[N+]C(C)(C#N)c1c(F)c(F)c(C(=O)[O-])c(-c2c3ccc(=[N+](C)c4ccccc4)cc-3oc3cc(N(C)c4ccccc4)ccc23)c1F. The Morgan fingerprint density at radius 1 is 0.917 bits per heavy atom. The van der Waals surface area contributed by atoms with Gasteiger partial charge in [-0.3, -0.25) is 4.85 Å². The van der Waals surface area contributed by atoms with Gasteiger partial charge in [-0.15, -0.1) is 0 Å². The largest absolute Gasteiger partial charge is 0.545 e. The summed E-state index contributed by atoms with van der Waals surface area (Å²) in [6.45, 7) is 8.42. The summed E-state index contributed by atoms with van der Waals surface area (Å²) in [7, 11) is 3.65. The highest BCUT2D eigenvalue weighted by Gasteiger charge is 2.44. The summed E-state index contributed by atoms with van der Waals surface area (Å²) in [5, 5.41) is 23.0. The van der Waals surface area contributed by atoms with E-state index in [1.807, 2.05) is 84.2 Å². The van der Waals surface area contributed by atoms with Crippen LogP contribution < -0.4 is 19.9 Å². The van der Waals surface area contributed by atoms with Gasteiger partial charge in [0.2, 0.25) is 11.0 Å². The van der Waals surface area contributed by atoms with Crippen molar-refractivity contribution in [3.63, 3.8) is 0 Å². The Morgan fingerprint density at radius 3 is 2.21 bits per heavy atom. The number of hydrogen-bond acceptors (Lipinski definition) is 5. The molecule has 1 heterocycles. The van der Waals surface area contributed by atoms with E-state index in [2.05, 4.69) is 4.85 Å². The van der Waals surface area contributed by atoms with Crippen LogP contribution in [0.4, 0.5) is 30.2 Å². The van der Waals surface area contributed by atoms with E-state index < -0.39 is 45.7 Å². The van der Waals surface area contributed by atoms with Gasteiger partial charge in [0, 0.05) is 77.3 Å². The fourth-order valence-electron chi connectivity index (χ4n) is 5.81. The van der Waals surface area contributed by atoms with Crippen LogP contribution in [0.3, 0.4) is 0 Å². The third kappa shape index (κ3) is 5.10. The van der Waals surface area contributed by atoms with Crippen LogP contribution >= 0.6 is 0 Å². The Balaban J connectivity index is 1.78. The molecule has 0 saturated heterocycles. The Bertz CT molecular complexity index is 2360. The number of carboxylic acids is 1. The second-order valence-corrected chi connectivity index (χ2v) is 11.3.